The van der Waals surface area contributed by atoms with Crippen LogP contribution in [-0.2, 0) is 6.54 Å². The van der Waals surface area contributed by atoms with Gasteiger partial charge in [-0.15, -0.1) is 0 Å². The fourth-order valence-electron chi connectivity index (χ4n) is 3.36. The Kier molecular flexibility index (Phi) is 4.63. The van der Waals surface area contributed by atoms with Gasteiger partial charge in [-0.25, -0.2) is 14.4 Å². The minimum absolute atomic E-state index is 0.192. The highest BCUT2D eigenvalue weighted by Crippen LogP contribution is 2.43. The monoisotopic (exact) mass is 402 g/mol. The van der Waals surface area contributed by atoms with Gasteiger partial charge >= 0.3 is 0 Å². The first-order valence-corrected chi connectivity index (χ1v) is 9.80. The van der Waals surface area contributed by atoms with Gasteiger partial charge in [-0.05, 0) is 42.7 Å². The summed E-state index contributed by atoms with van der Waals surface area (Å²) in [7, 11) is 0. The molecule has 30 heavy (non-hydrogen) atoms. The standard InChI is InChI=1S/C23H19FN4O2/c24-18-12-15(6-9-19(18)28-11-10-25-14-28)13-26-22(29)20-21(16-7-8-16)30-23(27-20)17-4-2-1-3-5-17/h1-6,9-12,14,16H,7-8,13H2,(H,26,29). The lowest BCUT2D eigenvalue weighted by atomic mass is 10.2. The molecule has 1 amide bonds. The van der Waals surface area contributed by atoms with Crippen LogP contribution in [0.25, 0.3) is 17.1 Å². The zero-order valence-corrected chi connectivity index (χ0v) is 16.1. The van der Waals surface area contributed by atoms with Gasteiger partial charge in [0.2, 0.25) is 5.89 Å². The first-order chi connectivity index (χ1) is 14.7. The number of nitrogens with one attached hydrogen (secondary N) is 1. The van der Waals surface area contributed by atoms with Gasteiger partial charge < -0.3 is 14.3 Å². The van der Waals surface area contributed by atoms with Crippen molar-refractivity contribution in [3.63, 3.8) is 0 Å². The predicted molar refractivity (Wildman–Crippen MR) is 109 cm³/mol. The maximum atomic E-state index is 14.4. The van der Waals surface area contributed by atoms with Gasteiger partial charge in [-0.1, -0.05) is 24.3 Å². The van der Waals surface area contributed by atoms with Crippen LogP contribution in [-0.4, -0.2) is 20.4 Å². The zero-order chi connectivity index (χ0) is 20.5. The summed E-state index contributed by atoms with van der Waals surface area (Å²) in [5, 5.41) is 2.84. The molecule has 1 aliphatic rings. The van der Waals surface area contributed by atoms with Crippen LogP contribution in [0.5, 0.6) is 0 Å². The van der Waals surface area contributed by atoms with Gasteiger partial charge in [0.1, 0.15) is 11.6 Å². The molecule has 1 N–H and O–H groups in total. The lowest BCUT2D eigenvalue weighted by Gasteiger charge is -2.08. The molecule has 1 aliphatic carbocycles. The van der Waals surface area contributed by atoms with E-state index in [1.807, 2.05) is 30.3 Å². The SMILES string of the molecule is O=C(NCc1ccc(-n2ccnc2)c(F)c1)c1nc(-c2ccccc2)oc1C1CC1. The zero-order valence-electron chi connectivity index (χ0n) is 16.1. The van der Waals surface area contributed by atoms with E-state index in [9.17, 15) is 9.18 Å². The van der Waals surface area contributed by atoms with Gasteiger partial charge in [0, 0.05) is 30.4 Å². The Hall–Kier alpha value is -3.74. The molecule has 150 valence electrons. The Morgan fingerprint density at radius 1 is 1.20 bits per heavy atom. The summed E-state index contributed by atoms with van der Waals surface area (Å²) in [4.78, 5) is 21.2. The molecule has 0 unspecified atom stereocenters. The molecule has 2 aromatic heterocycles. The number of nitrogens with zero attached hydrogens (tertiary/aromatic N) is 3. The van der Waals surface area contributed by atoms with Crippen molar-refractivity contribution in [2.24, 2.45) is 0 Å². The molecule has 4 aromatic rings. The molecule has 0 radical (unpaired) electrons. The molecule has 0 atom stereocenters. The van der Waals surface area contributed by atoms with Crippen molar-refractivity contribution in [2.75, 3.05) is 0 Å². The Balaban J connectivity index is 1.33. The number of hydrogen-bond acceptors (Lipinski definition) is 4. The summed E-state index contributed by atoms with van der Waals surface area (Å²) >= 11 is 0. The summed E-state index contributed by atoms with van der Waals surface area (Å²) in [5.74, 6) is 0.613. The number of carbonyl (C=O) groups excluding carboxylic acids is 1. The van der Waals surface area contributed by atoms with E-state index in [0.29, 0.717) is 28.6 Å². The minimum Gasteiger partial charge on any atom is -0.440 e. The Labute approximate surface area is 172 Å². The van der Waals surface area contributed by atoms with Crippen molar-refractivity contribution in [1.82, 2.24) is 19.9 Å². The number of rotatable bonds is 6. The number of benzene rings is 2. The summed E-state index contributed by atoms with van der Waals surface area (Å²) in [6.07, 6.45) is 6.78. The number of carbonyl (C=O) groups is 1. The molecule has 0 saturated heterocycles. The fourth-order valence-corrected chi connectivity index (χ4v) is 3.36. The average Bonchev–Trinajstić information content (AvgIpc) is 3.28. The van der Waals surface area contributed by atoms with Crippen molar-refractivity contribution in [3.05, 3.63) is 90.1 Å². The largest absolute Gasteiger partial charge is 0.440 e. The lowest BCUT2D eigenvalue weighted by molar-refractivity contribution is 0.0944. The third-order valence-electron chi connectivity index (χ3n) is 5.09. The van der Waals surface area contributed by atoms with Crippen LogP contribution >= 0.6 is 0 Å². The summed E-state index contributed by atoms with van der Waals surface area (Å²) < 4.78 is 22.0. The second-order valence-electron chi connectivity index (χ2n) is 7.31. The van der Waals surface area contributed by atoms with Crippen LogP contribution in [0, 0.1) is 5.82 Å². The maximum absolute atomic E-state index is 14.4. The molecule has 0 bridgehead atoms. The van der Waals surface area contributed by atoms with E-state index in [-0.39, 0.29) is 24.2 Å². The Bertz CT molecular complexity index is 1180. The second kappa shape index (κ2) is 7.59. The molecular weight excluding hydrogens is 383 g/mol. The van der Waals surface area contributed by atoms with Crippen LogP contribution in [0.1, 0.15) is 40.6 Å². The van der Waals surface area contributed by atoms with Crippen LogP contribution < -0.4 is 5.32 Å². The van der Waals surface area contributed by atoms with E-state index in [2.05, 4.69) is 15.3 Å². The van der Waals surface area contributed by atoms with Crippen LogP contribution in [0.4, 0.5) is 4.39 Å². The molecule has 7 heteroatoms. The van der Waals surface area contributed by atoms with E-state index in [1.54, 1.807) is 29.1 Å². The van der Waals surface area contributed by atoms with Gasteiger partial charge in [0.05, 0.1) is 12.0 Å². The molecule has 0 spiro atoms. The number of amides is 1. The van der Waals surface area contributed by atoms with E-state index in [1.165, 1.54) is 12.4 Å². The van der Waals surface area contributed by atoms with Crippen molar-refractivity contribution in [1.29, 1.82) is 0 Å². The van der Waals surface area contributed by atoms with E-state index >= 15 is 0 Å². The van der Waals surface area contributed by atoms with Crippen molar-refractivity contribution < 1.29 is 13.6 Å². The molecule has 2 aromatic carbocycles. The van der Waals surface area contributed by atoms with Crippen LogP contribution in [0.15, 0.2) is 71.7 Å². The normalized spacial score (nSPS) is 13.4. The number of oxazole rings is 1. The molecule has 2 heterocycles. The van der Waals surface area contributed by atoms with Crippen molar-refractivity contribution in [2.45, 2.75) is 25.3 Å². The Morgan fingerprint density at radius 2 is 2.03 bits per heavy atom. The maximum Gasteiger partial charge on any atom is 0.273 e. The molecule has 1 fully saturated rings. The van der Waals surface area contributed by atoms with Gasteiger partial charge in [0.25, 0.3) is 5.91 Å². The molecule has 1 saturated carbocycles. The summed E-state index contributed by atoms with van der Waals surface area (Å²) in [6, 6.07) is 14.4. The van der Waals surface area contributed by atoms with Crippen LogP contribution in [0.3, 0.4) is 0 Å². The minimum atomic E-state index is -0.383. The average molecular weight is 402 g/mol. The number of hydrogen-bond donors (Lipinski definition) is 1. The molecule has 6 nitrogen and oxygen atoms in total. The summed E-state index contributed by atoms with van der Waals surface area (Å²) in [6.45, 7) is 0.192. The third-order valence-corrected chi connectivity index (χ3v) is 5.09. The van der Waals surface area contributed by atoms with E-state index < -0.39 is 0 Å². The van der Waals surface area contributed by atoms with Gasteiger partial charge in [-0.3, -0.25) is 4.79 Å². The van der Waals surface area contributed by atoms with Crippen LogP contribution in [0.2, 0.25) is 0 Å². The molecular formula is C23H19FN4O2. The predicted octanol–water partition coefficient (Wildman–Crippen LogP) is 4.47. The van der Waals surface area contributed by atoms with E-state index in [4.69, 9.17) is 4.42 Å². The number of imidazole rings is 1. The summed E-state index contributed by atoms with van der Waals surface area (Å²) in [5.41, 5.74) is 2.20. The molecule has 0 aliphatic heterocycles. The highest BCUT2D eigenvalue weighted by Gasteiger charge is 2.34. The van der Waals surface area contributed by atoms with Crippen molar-refractivity contribution in [3.8, 4) is 17.1 Å². The highest BCUT2D eigenvalue weighted by atomic mass is 19.1. The number of aromatic nitrogens is 3. The first-order valence-electron chi connectivity index (χ1n) is 9.80. The smallest absolute Gasteiger partial charge is 0.273 e. The Morgan fingerprint density at radius 3 is 2.73 bits per heavy atom. The number of halogens is 1. The third kappa shape index (κ3) is 3.61. The fraction of sp³-hybridized carbons (Fsp3) is 0.174. The lowest BCUT2D eigenvalue weighted by Crippen LogP contribution is -2.24. The quantitative estimate of drug-likeness (QED) is 0.516. The second-order valence-corrected chi connectivity index (χ2v) is 7.31. The van der Waals surface area contributed by atoms with E-state index in [0.717, 1.165) is 18.4 Å². The van der Waals surface area contributed by atoms with Gasteiger partial charge in [0.15, 0.2) is 5.69 Å². The van der Waals surface area contributed by atoms with Gasteiger partial charge in [-0.2, -0.15) is 0 Å². The van der Waals surface area contributed by atoms with Crippen molar-refractivity contribution >= 4 is 5.91 Å². The molecule has 5 rings (SSSR count). The first kappa shape index (κ1) is 18.3. The topological polar surface area (TPSA) is 73.0 Å². The highest BCUT2D eigenvalue weighted by molar-refractivity contribution is 5.94.